The van der Waals surface area contributed by atoms with Crippen LogP contribution in [-0.2, 0) is 15.6 Å². The van der Waals surface area contributed by atoms with Crippen molar-refractivity contribution >= 4 is 28.7 Å². The fourth-order valence-electron chi connectivity index (χ4n) is 0.0767. The van der Waals surface area contributed by atoms with Gasteiger partial charge in [0.2, 0.25) is 0 Å². The normalized spacial score (nSPS) is 11.2. The maximum Gasteiger partial charge on any atom is 1.00 e. The number of nitrogens with two attached hydrogens (primary N) is 1. The molecular formula is CH5N2NaO3S2. The third kappa shape index (κ3) is 12.1. The van der Waals surface area contributed by atoms with Gasteiger partial charge in [0.15, 0.2) is 5.11 Å². The van der Waals surface area contributed by atoms with E-state index >= 15 is 0 Å². The largest absolute Gasteiger partial charge is 1.00 e. The molecule has 8 heteroatoms. The fourth-order valence-corrected chi connectivity index (χ4v) is 0.332. The minimum Gasteiger partial charge on any atom is -1.00 e. The van der Waals surface area contributed by atoms with Crippen LogP contribution in [0.1, 0.15) is 1.43 Å². The summed E-state index contributed by atoms with van der Waals surface area (Å²) in [4.78, 5) is 0. The quantitative estimate of drug-likeness (QED) is 0.174. The van der Waals surface area contributed by atoms with Crippen LogP contribution in [0.3, 0.4) is 0 Å². The van der Waals surface area contributed by atoms with Crippen LogP contribution < -0.4 is 40.8 Å². The number of hydroxylamine groups is 1. The predicted molar refractivity (Wildman–Crippen MR) is 32.9 cm³/mol. The average Bonchev–Trinajstić information content (AvgIpc) is 1.61. The summed E-state index contributed by atoms with van der Waals surface area (Å²) >= 11 is 1.85. The Balaban J connectivity index is -0.000000245. The van der Waals surface area contributed by atoms with E-state index in [9.17, 15) is 4.21 Å². The Hall–Kier alpha value is 0.760. The SMILES string of the molecule is NC(=S)NOS(=O)O.[H-].[Na+]. The van der Waals surface area contributed by atoms with Crippen LogP contribution in [0.4, 0.5) is 0 Å². The van der Waals surface area contributed by atoms with Crippen molar-refractivity contribution in [2.45, 2.75) is 0 Å². The van der Waals surface area contributed by atoms with E-state index in [1.807, 2.05) is 0 Å². The zero-order valence-corrected chi connectivity index (χ0v) is 8.29. The summed E-state index contributed by atoms with van der Waals surface area (Å²) in [5.74, 6) is 0. The minimum absolute atomic E-state index is 0. The van der Waals surface area contributed by atoms with Gasteiger partial charge in [0.05, 0.1) is 0 Å². The van der Waals surface area contributed by atoms with E-state index in [1.165, 1.54) is 0 Å². The molecule has 0 aromatic rings. The Morgan fingerprint density at radius 2 is 2.44 bits per heavy atom. The molecule has 5 nitrogen and oxygen atoms in total. The van der Waals surface area contributed by atoms with E-state index in [4.69, 9.17) is 10.3 Å². The maximum absolute atomic E-state index is 9.61. The number of hydrogen-bond donors (Lipinski definition) is 3. The molecule has 4 N–H and O–H groups in total. The second kappa shape index (κ2) is 6.87. The third-order valence-electron chi connectivity index (χ3n) is 0.214. The van der Waals surface area contributed by atoms with Gasteiger partial charge in [-0.05, 0) is 12.2 Å². The van der Waals surface area contributed by atoms with Crippen molar-refractivity contribution in [3.63, 3.8) is 0 Å². The molecular weight excluding hydrogens is 175 g/mol. The van der Waals surface area contributed by atoms with Crippen LogP contribution in [-0.4, -0.2) is 13.9 Å². The van der Waals surface area contributed by atoms with Gasteiger partial charge in [-0.2, -0.15) is 4.21 Å². The average molecular weight is 180 g/mol. The summed E-state index contributed by atoms with van der Waals surface area (Å²) in [5.41, 5.74) is 6.59. The van der Waals surface area contributed by atoms with Gasteiger partial charge in [0.1, 0.15) is 0 Å². The van der Waals surface area contributed by atoms with Crippen molar-refractivity contribution in [3.8, 4) is 0 Å². The number of thiocarbonyl (C=S) groups is 1. The van der Waals surface area contributed by atoms with Crippen LogP contribution in [0.2, 0.25) is 0 Å². The van der Waals surface area contributed by atoms with E-state index < -0.39 is 11.4 Å². The van der Waals surface area contributed by atoms with Crippen molar-refractivity contribution in [2.75, 3.05) is 0 Å². The second-order valence-corrected chi connectivity index (χ2v) is 1.81. The molecule has 0 radical (unpaired) electrons. The molecule has 0 saturated heterocycles. The summed E-state index contributed by atoms with van der Waals surface area (Å²) in [6.45, 7) is 0. The van der Waals surface area contributed by atoms with Crippen molar-refractivity contribution in [2.24, 2.45) is 5.73 Å². The van der Waals surface area contributed by atoms with E-state index in [0.29, 0.717) is 0 Å². The minimum atomic E-state index is -2.36. The topological polar surface area (TPSA) is 84.6 Å². The van der Waals surface area contributed by atoms with Gasteiger partial charge in [-0.1, -0.05) is 0 Å². The molecule has 9 heavy (non-hydrogen) atoms. The molecule has 0 spiro atoms. The van der Waals surface area contributed by atoms with Crippen LogP contribution in [0.5, 0.6) is 0 Å². The molecule has 0 aromatic heterocycles. The summed E-state index contributed by atoms with van der Waals surface area (Å²) < 4.78 is 21.3. The number of rotatable bonds is 2. The van der Waals surface area contributed by atoms with Gasteiger partial charge in [0.25, 0.3) is 0 Å². The third-order valence-corrected chi connectivity index (χ3v) is 0.523. The van der Waals surface area contributed by atoms with E-state index in [2.05, 4.69) is 16.5 Å². The van der Waals surface area contributed by atoms with E-state index in [-0.39, 0.29) is 36.1 Å². The van der Waals surface area contributed by atoms with Crippen LogP contribution in [0.15, 0.2) is 0 Å². The molecule has 0 heterocycles. The van der Waals surface area contributed by atoms with Crippen LogP contribution in [0, 0.1) is 0 Å². The zero-order chi connectivity index (χ0) is 6.57. The van der Waals surface area contributed by atoms with Gasteiger partial charge in [-0.25, -0.2) is 5.48 Å². The second-order valence-electron chi connectivity index (χ2n) is 0.767. The first-order valence-electron chi connectivity index (χ1n) is 1.46. The summed E-state index contributed by atoms with van der Waals surface area (Å²) in [5, 5.41) is -0.188. The molecule has 1 unspecified atom stereocenters. The Kier molecular flexibility index (Phi) is 9.50. The molecule has 0 bridgehead atoms. The Morgan fingerprint density at radius 1 is 2.00 bits per heavy atom. The first-order chi connectivity index (χ1) is 3.63. The zero-order valence-electron chi connectivity index (χ0n) is 5.66. The number of nitrogens with one attached hydrogen (secondary N) is 1. The molecule has 50 valence electrons. The van der Waals surface area contributed by atoms with Gasteiger partial charge >= 0.3 is 40.9 Å². The molecule has 0 rings (SSSR count). The molecule has 0 aliphatic heterocycles. The first kappa shape index (κ1) is 12.4. The Bertz CT molecular complexity index is 109. The molecule has 0 aromatic carbocycles. The van der Waals surface area contributed by atoms with Gasteiger partial charge < -0.3 is 7.16 Å². The van der Waals surface area contributed by atoms with Crippen LogP contribution >= 0.6 is 12.2 Å². The van der Waals surface area contributed by atoms with Crippen LogP contribution in [0.25, 0.3) is 0 Å². The molecule has 0 amide bonds. The van der Waals surface area contributed by atoms with Crippen molar-refractivity contribution in [1.82, 2.24) is 5.48 Å². The van der Waals surface area contributed by atoms with E-state index in [0.717, 1.165) is 0 Å². The Morgan fingerprint density at radius 3 is 2.56 bits per heavy atom. The standard InChI is InChI=1S/CH4N2O3S2.Na.H/c2-1(7)3-6-8(4)5;;/h(H,4,5)(H3,2,3,7);;/q;+1;-1. The summed E-state index contributed by atoms with van der Waals surface area (Å²) in [6.07, 6.45) is 0. The monoisotopic (exact) mass is 180 g/mol. The van der Waals surface area contributed by atoms with Crippen molar-refractivity contribution in [3.05, 3.63) is 0 Å². The Labute approximate surface area is 83.5 Å². The van der Waals surface area contributed by atoms with Gasteiger partial charge in [-0.3, -0.25) is 4.55 Å². The molecule has 0 saturated carbocycles. The van der Waals surface area contributed by atoms with Crippen molar-refractivity contribution < 1.29 is 44.0 Å². The maximum atomic E-state index is 9.61. The smallest absolute Gasteiger partial charge is 1.00 e. The fraction of sp³-hybridized carbons (Fsp3) is 0. The molecule has 1 atom stereocenters. The summed E-state index contributed by atoms with van der Waals surface area (Å²) in [6, 6.07) is 0. The summed E-state index contributed by atoms with van der Waals surface area (Å²) in [7, 11) is 0. The van der Waals surface area contributed by atoms with Gasteiger partial charge in [0, 0.05) is 0 Å². The van der Waals surface area contributed by atoms with Gasteiger partial charge in [-0.15, -0.1) is 4.28 Å². The molecule has 0 aliphatic carbocycles. The molecule has 0 fully saturated rings. The first-order valence-corrected chi connectivity index (χ1v) is 2.90. The number of hydrogen-bond acceptors (Lipinski definition) is 3. The van der Waals surface area contributed by atoms with Crippen molar-refractivity contribution in [1.29, 1.82) is 0 Å². The molecule has 0 aliphatic rings. The predicted octanol–water partition coefficient (Wildman–Crippen LogP) is -4.00. The van der Waals surface area contributed by atoms with E-state index in [1.54, 1.807) is 5.48 Å².